The number of alkyl halides is 5. The molecule has 2 N–H and O–H groups in total. The summed E-state index contributed by atoms with van der Waals surface area (Å²) in [4.78, 5) is 0. The number of fused-ring (bicyclic) bond motifs is 1. The van der Waals surface area contributed by atoms with E-state index in [4.69, 9.17) is 0 Å². The van der Waals surface area contributed by atoms with Gasteiger partial charge in [0.1, 0.15) is 5.75 Å². The highest BCUT2D eigenvalue weighted by molar-refractivity contribution is 5.88. The number of halogens is 5. The normalized spacial score (nSPS) is 21.5. The van der Waals surface area contributed by atoms with Crippen LogP contribution in [0.2, 0.25) is 0 Å². The summed E-state index contributed by atoms with van der Waals surface area (Å²) in [6.45, 7) is -0.0820. The molecule has 11 heteroatoms. The zero-order valence-corrected chi connectivity index (χ0v) is 16.4. The number of aryl methyl sites for hydroxylation is 1. The van der Waals surface area contributed by atoms with Crippen molar-refractivity contribution in [1.29, 1.82) is 0 Å². The Morgan fingerprint density at radius 1 is 1.19 bits per heavy atom. The molecular weight excluding hydrogens is 425 g/mol. The lowest BCUT2D eigenvalue weighted by Crippen LogP contribution is -2.41. The van der Waals surface area contributed by atoms with Gasteiger partial charge in [0.2, 0.25) is 0 Å². The van der Waals surface area contributed by atoms with Crippen molar-refractivity contribution < 1.29 is 36.9 Å². The smallest absolute Gasteiger partial charge is 0.416 e. The van der Waals surface area contributed by atoms with E-state index in [-0.39, 0.29) is 39.6 Å². The van der Waals surface area contributed by atoms with Gasteiger partial charge >= 0.3 is 12.8 Å². The molecule has 31 heavy (non-hydrogen) atoms. The first-order valence-electron chi connectivity index (χ1n) is 9.32. The van der Waals surface area contributed by atoms with Crippen molar-refractivity contribution >= 4 is 11.0 Å². The molecule has 1 aliphatic carbocycles. The summed E-state index contributed by atoms with van der Waals surface area (Å²) in [5.74, 6) is -0.844. The van der Waals surface area contributed by atoms with Gasteiger partial charge in [-0.15, -0.1) is 10.2 Å². The first-order chi connectivity index (χ1) is 14.4. The van der Waals surface area contributed by atoms with Gasteiger partial charge in [-0.1, -0.05) is 0 Å². The summed E-state index contributed by atoms with van der Waals surface area (Å²) < 4.78 is 71.0. The highest BCUT2D eigenvalue weighted by atomic mass is 19.4. The molecule has 0 amide bonds. The number of hydrogen-bond acceptors (Lipinski definition) is 5. The molecule has 3 aromatic rings. The van der Waals surface area contributed by atoms with Crippen molar-refractivity contribution in [3.05, 3.63) is 35.5 Å². The second kappa shape index (κ2) is 7.04. The van der Waals surface area contributed by atoms with E-state index in [0.717, 1.165) is 6.07 Å². The quantitative estimate of drug-likeness (QED) is 0.566. The molecule has 2 aromatic heterocycles. The van der Waals surface area contributed by atoms with Gasteiger partial charge in [-0.3, -0.25) is 0 Å². The maximum absolute atomic E-state index is 13.0. The Hall–Kier alpha value is -2.95. The number of phenolic OH excluding ortho intramolecular Hbond substituents is 1. The molecule has 1 aliphatic rings. The van der Waals surface area contributed by atoms with Crippen molar-refractivity contribution in [2.45, 2.75) is 51.1 Å². The third-order valence-corrected chi connectivity index (χ3v) is 5.40. The van der Waals surface area contributed by atoms with Gasteiger partial charge in [0, 0.05) is 17.8 Å². The predicted molar refractivity (Wildman–Crippen MR) is 99.9 cm³/mol. The minimum absolute atomic E-state index is 0.00437. The van der Waals surface area contributed by atoms with Crippen LogP contribution in [0.1, 0.15) is 36.9 Å². The summed E-state index contributed by atoms with van der Waals surface area (Å²) in [7, 11) is 0. The van der Waals surface area contributed by atoms with E-state index in [1.54, 1.807) is 11.5 Å². The Morgan fingerprint density at radius 2 is 1.87 bits per heavy atom. The minimum atomic E-state index is -4.64. The highest BCUT2D eigenvalue weighted by Gasteiger charge is 2.40. The number of nitrogens with zero attached hydrogens (tertiary/aromatic N) is 3. The van der Waals surface area contributed by atoms with E-state index >= 15 is 0 Å². The first kappa shape index (κ1) is 21.3. The summed E-state index contributed by atoms with van der Waals surface area (Å²) >= 11 is 0. The fraction of sp³-hybridized carbons (Fsp3) is 0.400. The van der Waals surface area contributed by atoms with Crippen LogP contribution in [-0.2, 0) is 6.18 Å². The molecule has 6 nitrogen and oxygen atoms in total. The van der Waals surface area contributed by atoms with E-state index in [0.29, 0.717) is 18.9 Å². The van der Waals surface area contributed by atoms with Gasteiger partial charge in [-0.2, -0.15) is 22.0 Å². The van der Waals surface area contributed by atoms with Crippen LogP contribution in [0.5, 0.6) is 11.5 Å². The fourth-order valence-corrected chi connectivity index (χ4v) is 4.02. The second-order valence-corrected chi connectivity index (χ2v) is 7.99. The number of rotatable bonds is 4. The number of phenols is 1. The average molecular weight is 443 g/mol. The van der Waals surface area contributed by atoms with E-state index in [1.807, 2.05) is 0 Å². The number of ether oxygens (including phenoxy) is 1. The lowest BCUT2D eigenvalue weighted by atomic mass is 9.77. The Bertz CT molecular complexity index is 1130. The van der Waals surface area contributed by atoms with Crippen molar-refractivity contribution in [2.75, 3.05) is 0 Å². The zero-order valence-electron chi connectivity index (χ0n) is 16.4. The van der Waals surface area contributed by atoms with Crippen LogP contribution < -0.4 is 4.74 Å². The number of hydrogen-bond donors (Lipinski definition) is 2. The maximum Gasteiger partial charge on any atom is 0.416 e. The van der Waals surface area contributed by atoms with E-state index in [2.05, 4.69) is 14.9 Å². The molecule has 0 atom stereocenters. The SMILES string of the molecule is Cc1cc(C(F)(F)F)cc(O)c1-c1cc2c(OC(F)F)cn(C3CC(C)(O)C3)c2nn1. The Kier molecular flexibility index (Phi) is 4.84. The molecule has 0 saturated heterocycles. The van der Waals surface area contributed by atoms with Crippen LogP contribution in [0.25, 0.3) is 22.3 Å². The molecular formula is C20H18F5N3O3. The van der Waals surface area contributed by atoms with Crippen LogP contribution >= 0.6 is 0 Å². The van der Waals surface area contributed by atoms with Crippen molar-refractivity contribution in [3.63, 3.8) is 0 Å². The number of aromatic nitrogens is 3. The lowest BCUT2D eigenvalue weighted by molar-refractivity contribution is -0.137. The molecule has 0 bridgehead atoms. The molecule has 0 aliphatic heterocycles. The molecule has 0 unspecified atom stereocenters. The molecule has 0 spiro atoms. The zero-order chi connectivity index (χ0) is 22.7. The Balaban J connectivity index is 1.83. The van der Waals surface area contributed by atoms with Gasteiger partial charge in [-0.25, -0.2) is 0 Å². The summed E-state index contributed by atoms with van der Waals surface area (Å²) in [6, 6.07) is 2.57. The second-order valence-electron chi connectivity index (χ2n) is 7.99. The average Bonchev–Trinajstić information content (AvgIpc) is 2.95. The van der Waals surface area contributed by atoms with Gasteiger partial charge in [0.15, 0.2) is 11.4 Å². The molecule has 4 rings (SSSR count). The molecule has 166 valence electrons. The van der Waals surface area contributed by atoms with Crippen LogP contribution in [0.15, 0.2) is 24.4 Å². The van der Waals surface area contributed by atoms with Gasteiger partial charge in [0.05, 0.1) is 22.2 Å². The van der Waals surface area contributed by atoms with Crippen molar-refractivity contribution in [1.82, 2.24) is 14.8 Å². The maximum atomic E-state index is 13.0. The standard InChI is InChI=1S/C20H18F5N3O3/c1-9-3-10(20(23,24)25)4-14(29)16(9)13-5-12-15(31-18(21)22)8-28(17(12)27-26-13)11-6-19(2,30)7-11/h3-5,8,11,18,29-30H,6-7H2,1-2H3. The Labute approximate surface area is 172 Å². The molecule has 1 fully saturated rings. The lowest BCUT2D eigenvalue weighted by Gasteiger charge is -2.41. The number of aromatic hydroxyl groups is 1. The monoisotopic (exact) mass is 443 g/mol. The van der Waals surface area contributed by atoms with Crippen molar-refractivity contribution in [2.24, 2.45) is 0 Å². The number of benzene rings is 1. The van der Waals surface area contributed by atoms with E-state index in [9.17, 15) is 32.2 Å². The van der Waals surface area contributed by atoms with Crippen LogP contribution in [0.4, 0.5) is 22.0 Å². The van der Waals surface area contributed by atoms with E-state index in [1.165, 1.54) is 19.2 Å². The van der Waals surface area contributed by atoms with Crippen LogP contribution in [-0.4, -0.2) is 37.2 Å². The van der Waals surface area contributed by atoms with Crippen LogP contribution in [0, 0.1) is 6.92 Å². The molecule has 0 radical (unpaired) electrons. The summed E-state index contributed by atoms with van der Waals surface area (Å²) in [6.07, 6.45) is -2.54. The van der Waals surface area contributed by atoms with E-state index < -0.39 is 29.7 Å². The van der Waals surface area contributed by atoms with Gasteiger partial charge < -0.3 is 19.5 Å². The molecule has 2 heterocycles. The number of aliphatic hydroxyl groups is 1. The third-order valence-electron chi connectivity index (χ3n) is 5.40. The predicted octanol–water partition coefficient (Wildman–Crippen LogP) is 4.82. The van der Waals surface area contributed by atoms with Gasteiger partial charge in [-0.05, 0) is 50.5 Å². The van der Waals surface area contributed by atoms with Gasteiger partial charge in [0.25, 0.3) is 0 Å². The molecule has 1 aromatic carbocycles. The van der Waals surface area contributed by atoms with Crippen LogP contribution in [0.3, 0.4) is 0 Å². The van der Waals surface area contributed by atoms with Crippen molar-refractivity contribution in [3.8, 4) is 22.8 Å². The first-order valence-corrected chi connectivity index (χ1v) is 9.32. The summed E-state index contributed by atoms with van der Waals surface area (Å²) in [5, 5.41) is 28.4. The Morgan fingerprint density at radius 3 is 2.42 bits per heavy atom. The third kappa shape index (κ3) is 3.89. The largest absolute Gasteiger partial charge is 0.507 e. The highest BCUT2D eigenvalue weighted by Crippen LogP contribution is 2.45. The fourth-order valence-electron chi connectivity index (χ4n) is 4.02. The molecule has 1 saturated carbocycles. The minimum Gasteiger partial charge on any atom is -0.507 e. The topological polar surface area (TPSA) is 80.4 Å². The summed E-state index contributed by atoms with van der Waals surface area (Å²) in [5.41, 5.74) is -1.57.